The van der Waals surface area contributed by atoms with Crippen molar-refractivity contribution >= 4 is 74.3 Å². The molecule has 3 nitrogen and oxygen atoms in total. The monoisotopic (exact) mass is 785 g/mol. The third kappa shape index (κ3) is 5.65. The Labute approximate surface area is 360 Å². The summed E-state index contributed by atoms with van der Waals surface area (Å²) in [4.78, 5) is 7.69. The first-order chi connectivity index (χ1) is 30.0. The molecule has 294 valence electrons. The number of para-hydroxylation sites is 4. The van der Waals surface area contributed by atoms with Gasteiger partial charge < -0.3 is 14.7 Å². The quantitative estimate of drug-likeness (QED) is 0.161. The first-order valence-electron chi connectivity index (χ1n) is 22.3. The van der Waals surface area contributed by atoms with Crippen molar-refractivity contribution < 1.29 is 0 Å². The molecular weight excluding hydrogens is 737 g/mol. The highest BCUT2D eigenvalue weighted by Gasteiger charge is 2.45. The van der Waals surface area contributed by atoms with Crippen LogP contribution in [-0.2, 0) is 5.41 Å². The molecular formula is C57H48BN3. The third-order valence-corrected chi connectivity index (χ3v) is 14.2. The van der Waals surface area contributed by atoms with Gasteiger partial charge in [-0.1, -0.05) is 154 Å². The zero-order valence-electron chi connectivity index (χ0n) is 34.9. The normalized spacial score (nSPS) is 16.0. The molecule has 1 saturated carbocycles. The second-order valence-corrected chi connectivity index (χ2v) is 18.0. The number of nitrogens with zero attached hydrogens (tertiary/aromatic N) is 3. The van der Waals surface area contributed by atoms with Crippen LogP contribution >= 0.6 is 0 Å². The zero-order chi connectivity index (χ0) is 40.7. The molecule has 0 saturated heterocycles. The highest BCUT2D eigenvalue weighted by Crippen LogP contribution is 2.53. The average Bonchev–Trinajstić information content (AvgIpc) is 3.32. The number of anilines is 9. The molecule has 0 radical (unpaired) electrons. The van der Waals surface area contributed by atoms with Gasteiger partial charge in [0, 0.05) is 45.2 Å². The summed E-state index contributed by atoms with van der Waals surface area (Å²) in [6.45, 7) is 4.77. The maximum absolute atomic E-state index is 2.60. The van der Waals surface area contributed by atoms with Crippen LogP contribution in [0.5, 0.6) is 0 Å². The molecule has 0 unspecified atom stereocenters. The number of hydrogen-bond donors (Lipinski definition) is 0. The largest absolute Gasteiger partial charge is 0.311 e. The fourth-order valence-corrected chi connectivity index (χ4v) is 11.3. The van der Waals surface area contributed by atoms with Crippen molar-refractivity contribution in [3.63, 3.8) is 0 Å². The van der Waals surface area contributed by atoms with Crippen molar-refractivity contribution in [3.8, 4) is 11.1 Å². The molecule has 4 heteroatoms. The van der Waals surface area contributed by atoms with Crippen molar-refractivity contribution in [3.05, 3.63) is 205 Å². The van der Waals surface area contributed by atoms with Gasteiger partial charge >= 0.3 is 0 Å². The van der Waals surface area contributed by atoms with Gasteiger partial charge in [0.15, 0.2) is 0 Å². The smallest absolute Gasteiger partial charge is 0.252 e. The van der Waals surface area contributed by atoms with Crippen molar-refractivity contribution in [1.82, 2.24) is 0 Å². The summed E-state index contributed by atoms with van der Waals surface area (Å²) in [6, 6.07) is 70.8. The van der Waals surface area contributed by atoms with Crippen LogP contribution in [0.1, 0.15) is 68.6 Å². The van der Waals surface area contributed by atoms with E-state index in [2.05, 4.69) is 217 Å². The molecule has 0 amide bonds. The number of rotatable bonds is 5. The van der Waals surface area contributed by atoms with Gasteiger partial charge in [-0.3, -0.25) is 0 Å². The molecule has 0 spiro atoms. The van der Waals surface area contributed by atoms with Crippen LogP contribution in [0.4, 0.5) is 51.2 Å². The summed E-state index contributed by atoms with van der Waals surface area (Å²) in [7, 11) is 0. The third-order valence-electron chi connectivity index (χ3n) is 14.2. The van der Waals surface area contributed by atoms with Crippen LogP contribution in [0.2, 0.25) is 0 Å². The summed E-state index contributed by atoms with van der Waals surface area (Å²) < 4.78 is 0. The molecule has 4 aliphatic rings. The van der Waals surface area contributed by atoms with E-state index in [9.17, 15) is 0 Å². The van der Waals surface area contributed by atoms with Crippen LogP contribution in [0.25, 0.3) is 11.1 Å². The van der Waals surface area contributed by atoms with E-state index in [4.69, 9.17) is 0 Å². The Morgan fingerprint density at radius 1 is 0.410 bits per heavy atom. The Kier molecular flexibility index (Phi) is 8.39. The number of hydrogen-bond acceptors (Lipinski definition) is 3. The minimum absolute atomic E-state index is 0.0362. The van der Waals surface area contributed by atoms with Gasteiger partial charge in [0.2, 0.25) is 0 Å². The Morgan fingerprint density at radius 3 is 1.49 bits per heavy atom. The Morgan fingerprint density at radius 2 is 0.902 bits per heavy atom. The van der Waals surface area contributed by atoms with Crippen LogP contribution in [0, 0.1) is 0 Å². The predicted molar refractivity (Wildman–Crippen MR) is 259 cm³/mol. The molecule has 8 aromatic carbocycles. The highest BCUT2D eigenvalue weighted by atomic mass is 15.2. The maximum atomic E-state index is 2.60. The van der Waals surface area contributed by atoms with Gasteiger partial charge in [-0.2, -0.15) is 0 Å². The summed E-state index contributed by atoms with van der Waals surface area (Å²) >= 11 is 0. The summed E-state index contributed by atoms with van der Waals surface area (Å²) in [5.41, 5.74) is 21.6. The van der Waals surface area contributed by atoms with Crippen LogP contribution in [0.15, 0.2) is 188 Å². The zero-order valence-corrected chi connectivity index (χ0v) is 34.9. The maximum Gasteiger partial charge on any atom is 0.252 e. The van der Waals surface area contributed by atoms with E-state index < -0.39 is 0 Å². The second kappa shape index (κ2) is 14.2. The van der Waals surface area contributed by atoms with Gasteiger partial charge in [-0.25, -0.2) is 0 Å². The number of benzene rings is 8. The molecule has 0 aromatic heterocycles. The molecule has 8 aromatic rings. The lowest BCUT2D eigenvalue weighted by Crippen LogP contribution is -2.61. The van der Waals surface area contributed by atoms with Crippen molar-refractivity contribution in [2.45, 2.75) is 57.3 Å². The molecule has 61 heavy (non-hydrogen) atoms. The van der Waals surface area contributed by atoms with E-state index in [1.165, 1.54) is 127 Å². The van der Waals surface area contributed by atoms with E-state index >= 15 is 0 Å². The molecule has 3 heterocycles. The van der Waals surface area contributed by atoms with Crippen molar-refractivity contribution in [1.29, 1.82) is 0 Å². The SMILES string of the molecule is CC1(C)c2ccccc2N(c2ccc3c(c2)N(c2ccccc2)c2cc(C4CCCCC4)cc4c2B3c2ccc(-c3ccccc3)cc2N4c2ccccc2)c2ccccc21. The molecule has 0 N–H and O–H groups in total. The highest BCUT2D eigenvalue weighted by molar-refractivity contribution is 7.00. The van der Waals surface area contributed by atoms with E-state index in [0.29, 0.717) is 5.92 Å². The summed E-state index contributed by atoms with van der Waals surface area (Å²) in [6.07, 6.45) is 6.37. The van der Waals surface area contributed by atoms with Gasteiger partial charge in [0.25, 0.3) is 6.71 Å². The lowest BCUT2D eigenvalue weighted by atomic mass is 9.33. The predicted octanol–water partition coefficient (Wildman–Crippen LogP) is 13.6. The molecule has 0 atom stereocenters. The van der Waals surface area contributed by atoms with E-state index in [-0.39, 0.29) is 12.1 Å². The van der Waals surface area contributed by atoms with Crippen LogP contribution in [0.3, 0.4) is 0 Å². The first-order valence-corrected chi connectivity index (χ1v) is 22.3. The Balaban J connectivity index is 1.15. The molecule has 12 rings (SSSR count). The molecule has 1 aliphatic carbocycles. The van der Waals surface area contributed by atoms with E-state index in [1.807, 2.05) is 0 Å². The van der Waals surface area contributed by atoms with E-state index in [1.54, 1.807) is 0 Å². The van der Waals surface area contributed by atoms with Crippen LogP contribution in [-0.4, -0.2) is 6.71 Å². The summed E-state index contributed by atoms with van der Waals surface area (Å²) in [5, 5.41) is 0. The van der Waals surface area contributed by atoms with E-state index in [0.717, 1.165) is 0 Å². The van der Waals surface area contributed by atoms with Crippen LogP contribution < -0.4 is 31.1 Å². The minimum Gasteiger partial charge on any atom is -0.311 e. The topological polar surface area (TPSA) is 9.72 Å². The van der Waals surface area contributed by atoms with Crippen molar-refractivity contribution in [2.24, 2.45) is 0 Å². The lowest BCUT2D eigenvalue weighted by molar-refractivity contribution is 0.444. The van der Waals surface area contributed by atoms with Gasteiger partial charge in [-0.05, 0) is 130 Å². The first kappa shape index (κ1) is 36.1. The van der Waals surface area contributed by atoms with Gasteiger partial charge in [0.1, 0.15) is 0 Å². The fraction of sp³-hybridized carbons (Fsp3) is 0.158. The average molecular weight is 786 g/mol. The lowest BCUT2D eigenvalue weighted by Gasteiger charge is -2.46. The summed E-state index contributed by atoms with van der Waals surface area (Å²) in [5.74, 6) is 0.526. The Hall–Kier alpha value is -6.78. The molecule has 0 bridgehead atoms. The standard InChI is InChI=1S/C57H48BN3/c1-57(2)46-27-15-17-29-50(46)61(51-30-18-16-28-47(51)57)45-32-34-49-53(38-45)60(44-25-13-6-14-26-44)55-37-42(40-21-9-4-10-22-40)36-54-56(55)58(49)48-33-31-41(39-19-7-3-8-20-39)35-52(48)59(54)43-23-11-5-12-24-43/h3,5-8,11-20,23-38,40H,4,9-10,21-22H2,1-2H3. The second-order valence-electron chi connectivity index (χ2n) is 18.0. The molecule has 3 aliphatic heterocycles. The fourth-order valence-electron chi connectivity index (χ4n) is 11.3. The minimum atomic E-state index is -0.131. The van der Waals surface area contributed by atoms with Gasteiger partial charge in [0.05, 0.1) is 11.4 Å². The number of fused-ring (bicyclic) bond motifs is 6. The molecule has 1 fully saturated rings. The Bertz CT molecular complexity index is 2900. The van der Waals surface area contributed by atoms with Gasteiger partial charge in [-0.15, -0.1) is 0 Å². The van der Waals surface area contributed by atoms with Crippen molar-refractivity contribution in [2.75, 3.05) is 14.7 Å².